The van der Waals surface area contributed by atoms with Gasteiger partial charge in [0.1, 0.15) is 4.88 Å². The van der Waals surface area contributed by atoms with E-state index in [9.17, 15) is 4.79 Å². The second-order valence-electron chi connectivity index (χ2n) is 7.71. The molecule has 1 amide bonds. The molecule has 3 heterocycles. The number of fused-ring (bicyclic) bond motifs is 1. The van der Waals surface area contributed by atoms with Gasteiger partial charge in [-0.05, 0) is 37.8 Å². The summed E-state index contributed by atoms with van der Waals surface area (Å²) in [5.41, 5.74) is 1.97. The lowest BCUT2D eigenvalue weighted by molar-refractivity contribution is 0.0717. The highest BCUT2D eigenvalue weighted by Crippen LogP contribution is 2.34. The molecule has 1 aliphatic rings. The number of carbonyl (C=O) groups is 1. The number of thiazole rings is 2. The first-order valence-corrected chi connectivity index (χ1v) is 11.3. The number of rotatable bonds is 4. The standard InChI is InChI=1S/C21H25N3OS2/c1-13(2)12-18-22-14(3)19(27-18)21(25)24-10-8-15(9-11-24)20-23-16-6-4-5-7-17(16)26-20/h4-7,13,15H,8-12H2,1-3H3. The zero-order valence-corrected chi connectivity index (χ0v) is 17.7. The largest absolute Gasteiger partial charge is 0.338 e. The van der Waals surface area contributed by atoms with Crippen LogP contribution >= 0.6 is 22.7 Å². The first kappa shape index (κ1) is 18.6. The van der Waals surface area contributed by atoms with Gasteiger partial charge in [-0.3, -0.25) is 4.79 Å². The lowest BCUT2D eigenvalue weighted by Crippen LogP contribution is -2.37. The minimum Gasteiger partial charge on any atom is -0.338 e. The molecule has 1 fully saturated rings. The maximum absolute atomic E-state index is 13.0. The van der Waals surface area contributed by atoms with Crippen LogP contribution in [0.4, 0.5) is 0 Å². The van der Waals surface area contributed by atoms with Gasteiger partial charge in [0.05, 0.1) is 25.9 Å². The van der Waals surface area contributed by atoms with Crippen LogP contribution in [0.5, 0.6) is 0 Å². The van der Waals surface area contributed by atoms with Crippen LogP contribution in [0.3, 0.4) is 0 Å². The van der Waals surface area contributed by atoms with E-state index in [0.29, 0.717) is 11.8 Å². The maximum atomic E-state index is 13.0. The van der Waals surface area contributed by atoms with Gasteiger partial charge in [-0.2, -0.15) is 0 Å². The molecule has 4 rings (SSSR count). The van der Waals surface area contributed by atoms with Gasteiger partial charge in [-0.25, -0.2) is 9.97 Å². The van der Waals surface area contributed by atoms with Crippen molar-refractivity contribution in [2.24, 2.45) is 5.92 Å². The van der Waals surface area contributed by atoms with E-state index in [0.717, 1.165) is 53.4 Å². The molecule has 1 aliphatic heterocycles. The van der Waals surface area contributed by atoms with Crippen LogP contribution in [-0.2, 0) is 6.42 Å². The molecule has 142 valence electrons. The summed E-state index contributed by atoms with van der Waals surface area (Å²) in [5.74, 6) is 1.18. The van der Waals surface area contributed by atoms with Gasteiger partial charge >= 0.3 is 0 Å². The lowest BCUT2D eigenvalue weighted by Gasteiger charge is -2.30. The van der Waals surface area contributed by atoms with Gasteiger partial charge in [0, 0.05) is 25.4 Å². The van der Waals surface area contributed by atoms with Crippen LogP contribution in [0, 0.1) is 12.8 Å². The fraction of sp³-hybridized carbons (Fsp3) is 0.476. The second kappa shape index (κ2) is 7.68. The molecule has 0 radical (unpaired) electrons. The Morgan fingerprint density at radius 2 is 1.93 bits per heavy atom. The van der Waals surface area contributed by atoms with Crippen LogP contribution in [0.25, 0.3) is 10.2 Å². The molecule has 27 heavy (non-hydrogen) atoms. The summed E-state index contributed by atoms with van der Waals surface area (Å²) < 4.78 is 1.25. The molecule has 0 N–H and O–H groups in total. The average Bonchev–Trinajstić information content (AvgIpc) is 3.24. The molecule has 4 nitrogen and oxygen atoms in total. The Morgan fingerprint density at radius 1 is 1.19 bits per heavy atom. The SMILES string of the molecule is Cc1nc(CC(C)C)sc1C(=O)N1CCC(c2nc3ccccc3s2)CC1. The van der Waals surface area contributed by atoms with Gasteiger partial charge < -0.3 is 4.90 Å². The molecule has 0 bridgehead atoms. The van der Waals surface area contributed by atoms with Gasteiger partial charge in [-0.15, -0.1) is 22.7 Å². The van der Waals surface area contributed by atoms with Crippen molar-refractivity contribution in [3.63, 3.8) is 0 Å². The number of aryl methyl sites for hydroxylation is 1. The Kier molecular flexibility index (Phi) is 5.28. The van der Waals surface area contributed by atoms with Crippen molar-refractivity contribution in [1.29, 1.82) is 0 Å². The smallest absolute Gasteiger partial charge is 0.265 e. The number of nitrogens with zero attached hydrogens (tertiary/aromatic N) is 3. The van der Waals surface area contributed by atoms with E-state index < -0.39 is 0 Å². The fourth-order valence-corrected chi connectivity index (χ4v) is 6.01. The van der Waals surface area contributed by atoms with E-state index in [2.05, 4.69) is 37.0 Å². The summed E-state index contributed by atoms with van der Waals surface area (Å²) in [4.78, 5) is 25.2. The number of hydrogen-bond donors (Lipinski definition) is 0. The third-order valence-electron chi connectivity index (χ3n) is 5.06. The number of likely N-dealkylation sites (tertiary alicyclic amines) is 1. The molecule has 3 aromatic rings. The highest BCUT2D eigenvalue weighted by Gasteiger charge is 2.28. The summed E-state index contributed by atoms with van der Waals surface area (Å²) in [7, 11) is 0. The summed E-state index contributed by atoms with van der Waals surface area (Å²) in [6.07, 6.45) is 2.92. The Bertz CT molecular complexity index is 918. The highest BCUT2D eigenvalue weighted by molar-refractivity contribution is 7.18. The van der Waals surface area contributed by atoms with E-state index >= 15 is 0 Å². The van der Waals surface area contributed by atoms with Crippen LogP contribution < -0.4 is 0 Å². The maximum Gasteiger partial charge on any atom is 0.265 e. The Hall–Kier alpha value is -1.79. The van der Waals surface area contributed by atoms with Crippen molar-refractivity contribution < 1.29 is 4.79 Å². The first-order chi connectivity index (χ1) is 13.0. The number of para-hydroxylation sites is 1. The number of carbonyl (C=O) groups excluding carboxylic acids is 1. The van der Waals surface area contributed by atoms with Gasteiger partial charge in [-0.1, -0.05) is 26.0 Å². The summed E-state index contributed by atoms with van der Waals surface area (Å²) in [6.45, 7) is 7.93. The van der Waals surface area contributed by atoms with E-state index in [-0.39, 0.29) is 5.91 Å². The Labute approximate surface area is 168 Å². The predicted molar refractivity (Wildman–Crippen MR) is 113 cm³/mol. The van der Waals surface area contributed by atoms with Crippen molar-refractivity contribution in [1.82, 2.24) is 14.9 Å². The van der Waals surface area contributed by atoms with Crippen LogP contribution in [0.15, 0.2) is 24.3 Å². The molecule has 2 aromatic heterocycles. The third kappa shape index (κ3) is 3.92. The fourth-order valence-electron chi connectivity index (χ4n) is 3.63. The summed E-state index contributed by atoms with van der Waals surface area (Å²) >= 11 is 3.38. The van der Waals surface area contributed by atoms with Crippen molar-refractivity contribution in [3.8, 4) is 0 Å². The average molecular weight is 400 g/mol. The normalized spacial score (nSPS) is 15.8. The second-order valence-corrected chi connectivity index (χ2v) is 9.85. The van der Waals surface area contributed by atoms with E-state index in [1.54, 1.807) is 22.7 Å². The zero-order valence-electron chi connectivity index (χ0n) is 16.1. The summed E-state index contributed by atoms with van der Waals surface area (Å²) in [6, 6.07) is 8.32. The molecule has 6 heteroatoms. The minimum absolute atomic E-state index is 0.155. The Morgan fingerprint density at radius 3 is 2.63 bits per heavy atom. The lowest BCUT2D eigenvalue weighted by atomic mass is 9.97. The monoisotopic (exact) mass is 399 g/mol. The molecular weight excluding hydrogens is 374 g/mol. The topological polar surface area (TPSA) is 46.1 Å². The van der Waals surface area contributed by atoms with E-state index in [1.165, 1.54) is 9.71 Å². The number of amides is 1. The van der Waals surface area contributed by atoms with Crippen LogP contribution in [-0.4, -0.2) is 33.9 Å². The van der Waals surface area contributed by atoms with E-state index in [4.69, 9.17) is 4.98 Å². The molecule has 0 aliphatic carbocycles. The predicted octanol–water partition coefficient (Wildman–Crippen LogP) is 5.28. The molecule has 0 spiro atoms. The zero-order chi connectivity index (χ0) is 19.0. The van der Waals surface area contributed by atoms with Crippen molar-refractivity contribution in [2.45, 2.75) is 46.0 Å². The van der Waals surface area contributed by atoms with Crippen molar-refractivity contribution in [2.75, 3.05) is 13.1 Å². The molecule has 1 aromatic carbocycles. The molecule has 0 saturated carbocycles. The molecule has 0 atom stereocenters. The van der Waals surface area contributed by atoms with Crippen molar-refractivity contribution >= 4 is 38.8 Å². The molecular formula is C21H25N3OS2. The highest BCUT2D eigenvalue weighted by atomic mass is 32.1. The van der Waals surface area contributed by atoms with Gasteiger partial charge in [0.15, 0.2) is 0 Å². The molecule has 0 unspecified atom stereocenters. The number of piperidine rings is 1. The van der Waals surface area contributed by atoms with Gasteiger partial charge in [0.2, 0.25) is 0 Å². The quantitative estimate of drug-likeness (QED) is 0.600. The number of aromatic nitrogens is 2. The molecule has 1 saturated heterocycles. The summed E-state index contributed by atoms with van der Waals surface area (Å²) in [5, 5.41) is 2.30. The number of hydrogen-bond acceptors (Lipinski definition) is 5. The first-order valence-electron chi connectivity index (χ1n) is 9.62. The Balaban J connectivity index is 1.43. The van der Waals surface area contributed by atoms with Gasteiger partial charge in [0.25, 0.3) is 5.91 Å². The van der Waals surface area contributed by atoms with Crippen molar-refractivity contribution in [3.05, 3.63) is 44.9 Å². The minimum atomic E-state index is 0.155. The van der Waals surface area contributed by atoms with Crippen LogP contribution in [0.2, 0.25) is 0 Å². The van der Waals surface area contributed by atoms with E-state index in [1.807, 2.05) is 17.9 Å². The third-order valence-corrected chi connectivity index (χ3v) is 7.43. The number of benzene rings is 1. The van der Waals surface area contributed by atoms with Crippen LogP contribution in [0.1, 0.15) is 58.0 Å².